The SMILES string of the molecule is CC(CCCBr)NS(=O)(=O)C(F)F. The van der Waals surface area contributed by atoms with Crippen molar-refractivity contribution in [1.82, 2.24) is 4.72 Å². The molecule has 80 valence electrons. The van der Waals surface area contributed by atoms with Gasteiger partial charge in [-0.1, -0.05) is 15.9 Å². The summed E-state index contributed by atoms with van der Waals surface area (Å²) in [6.07, 6.45) is 1.28. The molecule has 0 bridgehead atoms. The Balaban J connectivity index is 3.98. The summed E-state index contributed by atoms with van der Waals surface area (Å²) in [6, 6.07) is -0.448. The molecule has 0 spiro atoms. The van der Waals surface area contributed by atoms with Gasteiger partial charge in [-0.2, -0.15) is 8.78 Å². The third-order valence-electron chi connectivity index (χ3n) is 1.37. The lowest BCUT2D eigenvalue weighted by atomic mass is 10.2. The maximum absolute atomic E-state index is 11.8. The second-order valence-electron chi connectivity index (χ2n) is 2.66. The molecule has 0 radical (unpaired) electrons. The van der Waals surface area contributed by atoms with Gasteiger partial charge in [-0.25, -0.2) is 13.1 Å². The average molecular weight is 280 g/mol. The molecule has 0 aliphatic rings. The van der Waals surface area contributed by atoms with Gasteiger partial charge in [0.2, 0.25) is 0 Å². The molecule has 1 unspecified atom stereocenters. The molecule has 0 amide bonds. The van der Waals surface area contributed by atoms with Crippen molar-refractivity contribution in [1.29, 1.82) is 0 Å². The topological polar surface area (TPSA) is 46.2 Å². The van der Waals surface area contributed by atoms with Crippen LogP contribution in [0.5, 0.6) is 0 Å². The number of sulfonamides is 1. The molecular formula is C6H12BrF2NO2S. The third-order valence-corrected chi connectivity index (χ3v) is 3.13. The maximum Gasteiger partial charge on any atom is 0.350 e. The van der Waals surface area contributed by atoms with Gasteiger partial charge in [0, 0.05) is 11.4 Å². The molecule has 0 aromatic heterocycles. The van der Waals surface area contributed by atoms with Crippen LogP contribution < -0.4 is 4.72 Å². The summed E-state index contributed by atoms with van der Waals surface area (Å²) in [5, 5.41) is 0.730. The minimum absolute atomic E-state index is 0.448. The Kier molecular flexibility index (Phi) is 5.98. The molecule has 1 N–H and O–H groups in total. The molecule has 13 heavy (non-hydrogen) atoms. The van der Waals surface area contributed by atoms with Crippen LogP contribution in [0.4, 0.5) is 8.78 Å². The molecular weight excluding hydrogens is 268 g/mol. The van der Waals surface area contributed by atoms with E-state index < -0.39 is 21.8 Å². The lowest BCUT2D eigenvalue weighted by molar-refractivity contribution is 0.231. The lowest BCUT2D eigenvalue weighted by Gasteiger charge is -2.12. The first-order chi connectivity index (χ1) is 5.90. The highest BCUT2D eigenvalue weighted by Crippen LogP contribution is 2.06. The zero-order valence-electron chi connectivity index (χ0n) is 7.13. The maximum atomic E-state index is 11.8. The molecule has 0 heterocycles. The van der Waals surface area contributed by atoms with E-state index in [-0.39, 0.29) is 0 Å². The Morgan fingerprint density at radius 1 is 1.46 bits per heavy atom. The van der Waals surface area contributed by atoms with Crippen LogP contribution in [0.1, 0.15) is 19.8 Å². The second kappa shape index (κ2) is 5.87. The fourth-order valence-electron chi connectivity index (χ4n) is 0.774. The molecule has 1 atom stereocenters. The van der Waals surface area contributed by atoms with Crippen LogP contribution in [-0.4, -0.2) is 25.5 Å². The van der Waals surface area contributed by atoms with Crippen LogP contribution in [0.2, 0.25) is 0 Å². The molecule has 0 rings (SSSR count). The van der Waals surface area contributed by atoms with Crippen LogP contribution in [-0.2, 0) is 10.0 Å². The van der Waals surface area contributed by atoms with Gasteiger partial charge >= 0.3 is 5.76 Å². The van der Waals surface area contributed by atoms with Gasteiger partial charge in [-0.3, -0.25) is 0 Å². The summed E-state index contributed by atoms with van der Waals surface area (Å²) in [5.74, 6) is -3.35. The van der Waals surface area contributed by atoms with Crippen LogP contribution in [0.15, 0.2) is 0 Å². The van der Waals surface area contributed by atoms with Gasteiger partial charge in [-0.15, -0.1) is 0 Å². The van der Waals surface area contributed by atoms with E-state index in [9.17, 15) is 17.2 Å². The minimum Gasteiger partial charge on any atom is -0.207 e. The van der Waals surface area contributed by atoms with Crippen LogP contribution in [0, 0.1) is 0 Å². The Bertz CT molecular complexity index is 233. The van der Waals surface area contributed by atoms with Gasteiger partial charge in [0.05, 0.1) is 0 Å². The van der Waals surface area contributed by atoms with E-state index in [1.54, 1.807) is 6.92 Å². The van der Waals surface area contributed by atoms with Crippen molar-refractivity contribution in [2.24, 2.45) is 0 Å². The van der Waals surface area contributed by atoms with E-state index in [0.29, 0.717) is 6.42 Å². The standard InChI is InChI=1S/C6H12BrF2NO2S/c1-5(3-2-4-7)10-13(11,12)6(8)9/h5-6,10H,2-4H2,1H3. The van der Waals surface area contributed by atoms with E-state index in [0.717, 1.165) is 11.8 Å². The van der Waals surface area contributed by atoms with Crippen molar-refractivity contribution in [3.63, 3.8) is 0 Å². The van der Waals surface area contributed by atoms with Crippen molar-refractivity contribution in [2.45, 2.75) is 31.6 Å². The van der Waals surface area contributed by atoms with Crippen molar-refractivity contribution in [3.05, 3.63) is 0 Å². The van der Waals surface area contributed by atoms with Gasteiger partial charge in [0.25, 0.3) is 10.0 Å². The van der Waals surface area contributed by atoms with Gasteiger partial charge in [0.1, 0.15) is 0 Å². The molecule has 0 aliphatic carbocycles. The number of alkyl halides is 3. The summed E-state index contributed by atoms with van der Waals surface area (Å²) in [4.78, 5) is 0. The fraction of sp³-hybridized carbons (Fsp3) is 1.00. The molecule has 0 saturated heterocycles. The highest BCUT2D eigenvalue weighted by molar-refractivity contribution is 9.09. The normalized spacial score (nSPS) is 14.8. The van der Waals surface area contributed by atoms with E-state index in [4.69, 9.17) is 0 Å². The van der Waals surface area contributed by atoms with E-state index in [1.165, 1.54) is 0 Å². The fourth-order valence-corrected chi connectivity index (χ4v) is 1.88. The second-order valence-corrected chi connectivity index (χ2v) is 5.13. The summed E-state index contributed by atoms with van der Waals surface area (Å²) < 4.78 is 46.8. The first kappa shape index (κ1) is 13.2. The summed E-state index contributed by atoms with van der Waals surface area (Å²) in [7, 11) is -4.43. The zero-order valence-corrected chi connectivity index (χ0v) is 9.54. The van der Waals surface area contributed by atoms with Crippen LogP contribution in [0.3, 0.4) is 0 Å². The van der Waals surface area contributed by atoms with Gasteiger partial charge in [-0.05, 0) is 19.8 Å². The van der Waals surface area contributed by atoms with E-state index in [1.807, 2.05) is 4.72 Å². The van der Waals surface area contributed by atoms with Gasteiger partial charge in [0.15, 0.2) is 0 Å². The molecule has 0 aliphatic heterocycles. The van der Waals surface area contributed by atoms with Crippen LogP contribution in [0.25, 0.3) is 0 Å². The monoisotopic (exact) mass is 279 g/mol. The number of halogens is 3. The van der Waals surface area contributed by atoms with Gasteiger partial charge < -0.3 is 0 Å². The van der Waals surface area contributed by atoms with Crippen molar-refractivity contribution >= 4 is 26.0 Å². The predicted octanol–water partition coefficient (Wildman–Crippen LogP) is 1.69. The smallest absolute Gasteiger partial charge is 0.207 e. The average Bonchev–Trinajstić information content (AvgIpc) is 1.99. The Morgan fingerprint density at radius 2 is 2.00 bits per heavy atom. The van der Waals surface area contributed by atoms with Crippen molar-refractivity contribution in [3.8, 4) is 0 Å². The highest BCUT2D eigenvalue weighted by Gasteiger charge is 2.25. The highest BCUT2D eigenvalue weighted by atomic mass is 79.9. The molecule has 0 aromatic rings. The first-order valence-electron chi connectivity index (χ1n) is 3.75. The lowest BCUT2D eigenvalue weighted by Crippen LogP contribution is -2.36. The Morgan fingerprint density at radius 3 is 2.38 bits per heavy atom. The van der Waals surface area contributed by atoms with Crippen molar-refractivity contribution < 1.29 is 17.2 Å². The number of rotatable bonds is 6. The molecule has 3 nitrogen and oxygen atoms in total. The summed E-state index contributed by atoms with van der Waals surface area (Å²) >= 11 is 3.16. The number of hydrogen-bond donors (Lipinski definition) is 1. The Hall–Kier alpha value is 0.250. The number of hydrogen-bond acceptors (Lipinski definition) is 2. The zero-order chi connectivity index (χ0) is 10.5. The van der Waals surface area contributed by atoms with Crippen molar-refractivity contribution in [2.75, 3.05) is 5.33 Å². The van der Waals surface area contributed by atoms with Crippen LogP contribution >= 0.6 is 15.9 Å². The van der Waals surface area contributed by atoms with E-state index in [2.05, 4.69) is 15.9 Å². The number of nitrogens with one attached hydrogen (secondary N) is 1. The Labute approximate surface area is 85.1 Å². The third kappa shape index (κ3) is 5.53. The summed E-state index contributed by atoms with van der Waals surface area (Å²) in [5.41, 5.74) is 0. The first-order valence-corrected chi connectivity index (χ1v) is 6.42. The summed E-state index contributed by atoms with van der Waals surface area (Å²) in [6.45, 7) is 1.56. The minimum atomic E-state index is -4.43. The molecule has 0 saturated carbocycles. The quantitative estimate of drug-likeness (QED) is 0.753. The molecule has 0 aromatic carbocycles. The van der Waals surface area contributed by atoms with E-state index >= 15 is 0 Å². The predicted molar refractivity (Wildman–Crippen MR) is 50.5 cm³/mol. The largest absolute Gasteiger partial charge is 0.350 e. The molecule has 0 fully saturated rings. The molecule has 7 heteroatoms.